The highest BCUT2D eigenvalue weighted by molar-refractivity contribution is 5.96. The van der Waals surface area contributed by atoms with Crippen molar-refractivity contribution in [3.8, 4) is 0 Å². The van der Waals surface area contributed by atoms with Crippen molar-refractivity contribution in [2.24, 2.45) is 0 Å². The fourth-order valence-electron chi connectivity index (χ4n) is 5.05. The number of piperazine rings is 1. The summed E-state index contributed by atoms with van der Waals surface area (Å²) in [4.78, 5) is 42.2. The van der Waals surface area contributed by atoms with Gasteiger partial charge in [-0.1, -0.05) is 18.2 Å². The van der Waals surface area contributed by atoms with Gasteiger partial charge in [-0.3, -0.25) is 19.7 Å². The van der Waals surface area contributed by atoms with E-state index in [2.05, 4.69) is 34.2 Å². The van der Waals surface area contributed by atoms with E-state index >= 15 is 0 Å². The first-order chi connectivity index (χ1) is 16.8. The molecule has 0 atom stereocenters. The van der Waals surface area contributed by atoms with E-state index in [1.807, 2.05) is 24.0 Å². The lowest BCUT2D eigenvalue weighted by molar-refractivity contribution is -0.384. The van der Waals surface area contributed by atoms with E-state index in [-0.39, 0.29) is 23.1 Å². The third-order valence-corrected chi connectivity index (χ3v) is 6.85. The van der Waals surface area contributed by atoms with Crippen LogP contribution in [0, 0.1) is 24.0 Å². The monoisotopic (exact) mass is 479 g/mol. The van der Waals surface area contributed by atoms with Crippen molar-refractivity contribution in [1.29, 1.82) is 0 Å². The Hall–Kier alpha value is -3.62. The number of carbonyl (C=O) groups excluding carboxylic acids is 2. The highest BCUT2D eigenvalue weighted by Gasteiger charge is 2.28. The standard InChI is InChI=1S/C26H33N5O4/c1-19-7-3-4-8-22(19)28-13-15-30(16-14-28)25-20(2)17-21(18-23(25)31(34)35)26(33)27-10-6-12-29-11-5-9-24(29)32/h3-4,7-8,17-18H,5-6,9-16H2,1-2H3,(H,27,33). The van der Waals surface area contributed by atoms with Crippen molar-refractivity contribution in [3.63, 3.8) is 0 Å². The van der Waals surface area contributed by atoms with E-state index in [1.54, 1.807) is 6.07 Å². The number of carbonyl (C=O) groups is 2. The molecule has 35 heavy (non-hydrogen) atoms. The summed E-state index contributed by atoms with van der Waals surface area (Å²) in [6.45, 7) is 8.58. The lowest BCUT2D eigenvalue weighted by Gasteiger charge is -2.38. The van der Waals surface area contributed by atoms with Gasteiger partial charge < -0.3 is 20.0 Å². The Balaban J connectivity index is 1.41. The maximum Gasteiger partial charge on any atom is 0.293 e. The van der Waals surface area contributed by atoms with Crippen LogP contribution in [0.2, 0.25) is 0 Å². The number of amides is 2. The van der Waals surface area contributed by atoms with Gasteiger partial charge in [-0.05, 0) is 49.9 Å². The lowest BCUT2D eigenvalue weighted by Crippen LogP contribution is -2.47. The van der Waals surface area contributed by atoms with Crippen LogP contribution in [0.3, 0.4) is 0 Å². The van der Waals surface area contributed by atoms with Crippen LogP contribution in [0.25, 0.3) is 0 Å². The van der Waals surface area contributed by atoms with Crippen LogP contribution in [0.5, 0.6) is 0 Å². The summed E-state index contributed by atoms with van der Waals surface area (Å²) in [5, 5.41) is 14.8. The molecule has 1 N–H and O–H groups in total. The minimum absolute atomic E-state index is 0.0397. The molecule has 2 aromatic carbocycles. The maximum atomic E-state index is 12.7. The number of likely N-dealkylation sites (tertiary alicyclic amines) is 1. The fourth-order valence-corrected chi connectivity index (χ4v) is 5.05. The first-order valence-corrected chi connectivity index (χ1v) is 12.3. The third-order valence-electron chi connectivity index (χ3n) is 6.85. The number of hydrogen-bond acceptors (Lipinski definition) is 6. The molecule has 0 aliphatic carbocycles. The molecule has 0 radical (unpaired) electrons. The van der Waals surface area contributed by atoms with Crippen LogP contribution in [0.1, 0.15) is 40.7 Å². The second kappa shape index (κ2) is 10.8. The van der Waals surface area contributed by atoms with Crippen molar-refractivity contribution < 1.29 is 14.5 Å². The Kier molecular flexibility index (Phi) is 7.53. The number of para-hydroxylation sites is 1. The minimum atomic E-state index is -0.397. The Morgan fingerprint density at radius 3 is 2.40 bits per heavy atom. The van der Waals surface area contributed by atoms with E-state index in [0.717, 1.165) is 31.6 Å². The van der Waals surface area contributed by atoms with E-state index in [9.17, 15) is 19.7 Å². The van der Waals surface area contributed by atoms with Crippen molar-refractivity contribution in [1.82, 2.24) is 10.2 Å². The van der Waals surface area contributed by atoms with Gasteiger partial charge in [0.1, 0.15) is 5.69 Å². The van der Waals surface area contributed by atoms with E-state index < -0.39 is 4.92 Å². The van der Waals surface area contributed by atoms with Crippen LogP contribution in [0.15, 0.2) is 36.4 Å². The van der Waals surface area contributed by atoms with E-state index in [4.69, 9.17) is 0 Å². The zero-order chi connectivity index (χ0) is 24.9. The zero-order valence-corrected chi connectivity index (χ0v) is 20.5. The summed E-state index contributed by atoms with van der Waals surface area (Å²) in [6.07, 6.45) is 2.14. The number of nitrogens with zero attached hydrogens (tertiary/aromatic N) is 4. The number of hydrogen-bond donors (Lipinski definition) is 1. The predicted octanol–water partition coefficient (Wildman–Crippen LogP) is 3.28. The second-order valence-electron chi connectivity index (χ2n) is 9.27. The summed E-state index contributed by atoms with van der Waals surface area (Å²) in [5.74, 6) is -0.169. The minimum Gasteiger partial charge on any atom is -0.368 e. The largest absolute Gasteiger partial charge is 0.368 e. The van der Waals surface area contributed by atoms with Crippen molar-refractivity contribution in [2.75, 3.05) is 55.6 Å². The SMILES string of the molecule is Cc1ccccc1N1CCN(c2c(C)cc(C(=O)NCCCN3CCCC3=O)cc2[N+](=O)[O-])CC1. The Labute approximate surface area is 205 Å². The van der Waals surface area contributed by atoms with Gasteiger partial charge in [-0.25, -0.2) is 0 Å². The number of anilines is 2. The smallest absolute Gasteiger partial charge is 0.293 e. The molecule has 0 spiro atoms. The molecule has 9 nitrogen and oxygen atoms in total. The number of aryl methyl sites for hydroxylation is 2. The first-order valence-electron chi connectivity index (χ1n) is 12.3. The number of nitrogens with one attached hydrogen (secondary N) is 1. The number of rotatable bonds is 8. The van der Waals surface area contributed by atoms with Gasteiger partial charge in [-0.2, -0.15) is 0 Å². The molecule has 0 bridgehead atoms. The number of nitro benzene ring substituents is 1. The maximum absolute atomic E-state index is 12.7. The number of benzene rings is 2. The molecule has 2 saturated heterocycles. The average Bonchev–Trinajstić information content (AvgIpc) is 3.26. The normalized spacial score (nSPS) is 16.1. The first kappa shape index (κ1) is 24.5. The van der Waals surface area contributed by atoms with Crippen LogP contribution < -0.4 is 15.1 Å². The molecule has 9 heteroatoms. The topological polar surface area (TPSA) is 99.0 Å². The summed E-state index contributed by atoms with van der Waals surface area (Å²) in [5.41, 5.74) is 3.96. The molecule has 2 heterocycles. The highest BCUT2D eigenvalue weighted by atomic mass is 16.6. The van der Waals surface area contributed by atoms with Gasteiger partial charge in [0, 0.05) is 69.6 Å². The Morgan fingerprint density at radius 2 is 1.74 bits per heavy atom. The van der Waals surface area contributed by atoms with Crippen molar-refractivity contribution in [2.45, 2.75) is 33.1 Å². The average molecular weight is 480 g/mol. The van der Waals surface area contributed by atoms with Crippen LogP contribution in [0.4, 0.5) is 17.1 Å². The fraction of sp³-hybridized carbons (Fsp3) is 0.462. The van der Waals surface area contributed by atoms with Gasteiger partial charge in [0.05, 0.1) is 4.92 Å². The van der Waals surface area contributed by atoms with Gasteiger partial charge in [0.25, 0.3) is 11.6 Å². The summed E-state index contributed by atoms with van der Waals surface area (Å²) in [6, 6.07) is 11.4. The predicted molar refractivity (Wildman–Crippen MR) is 136 cm³/mol. The van der Waals surface area contributed by atoms with Gasteiger partial charge in [0.15, 0.2) is 0 Å². The zero-order valence-electron chi connectivity index (χ0n) is 20.5. The molecule has 0 saturated carbocycles. The molecule has 2 aliphatic heterocycles. The molecule has 0 unspecified atom stereocenters. The van der Waals surface area contributed by atoms with Crippen LogP contribution in [-0.4, -0.2) is 67.5 Å². The quantitative estimate of drug-likeness (QED) is 0.354. The highest BCUT2D eigenvalue weighted by Crippen LogP contribution is 2.34. The van der Waals surface area contributed by atoms with Crippen molar-refractivity contribution in [3.05, 3.63) is 63.2 Å². The van der Waals surface area contributed by atoms with E-state index in [1.165, 1.54) is 17.3 Å². The molecule has 2 fully saturated rings. The summed E-state index contributed by atoms with van der Waals surface area (Å²) in [7, 11) is 0. The number of nitro groups is 1. The molecule has 2 amide bonds. The summed E-state index contributed by atoms with van der Waals surface area (Å²) >= 11 is 0. The molecule has 2 aliphatic rings. The Morgan fingerprint density at radius 1 is 1.03 bits per heavy atom. The molecule has 0 aromatic heterocycles. The molecule has 2 aromatic rings. The summed E-state index contributed by atoms with van der Waals surface area (Å²) < 4.78 is 0. The van der Waals surface area contributed by atoms with Crippen LogP contribution in [-0.2, 0) is 4.79 Å². The van der Waals surface area contributed by atoms with Gasteiger partial charge in [-0.15, -0.1) is 0 Å². The van der Waals surface area contributed by atoms with Gasteiger partial charge in [0.2, 0.25) is 5.91 Å². The molecular formula is C26H33N5O4. The second-order valence-corrected chi connectivity index (χ2v) is 9.27. The Bertz CT molecular complexity index is 1110. The van der Waals surface area contributed by atoms with Crippen molar-refractivity contribution >= 4 is 28.9 Å². The lowest BCUT2D eigenvalue weighted by atomic mass is 10.0. The molecular weight excluding hydrogens is 446 g/mol. The third kappa shape index (κ3) is 5.55. The van der Waals surface area contributed by atoms with Crippen LogP contribution >= 0.6 is 0 Å². The molecule has 186 valence electrons. The molecule has 4 rings (SSSR count). The van der Waals surface area contributed by atoms with E-state index in [0.29, 0.717) is 44.7 Å². The van der Waals surface area contributed by atoms with Gasteiger partial charge >= 0.3 is 0 Å².